The number of hydrogen-bond donors (Lipinski definition) is 1. The number of rotatable bonds is 2. The minimum absolute atomic E-state index is 0.339. The van der Waals surface area contributed by atoms with Crippen molar-refractivity contribution >= 4 is 10.4 Å². The lowest BCUT2D eigenvalue weighted by atomic mass is 9.82. The van der Waals surface area contributed by atoms with E-state index in [1.807, 2.05) is 0 Å². The third-order valence-electron chi connectivity index (χ3n) is 2.39. The van der Waals surface area contributed by atoms with Gasteiger partial charge in [0, 0.05) is 0 Å². The molecule has 1 unspecified atom stereocenters. The zero-order chi connectivity index (χ0) is 10.1. The zero-order valence-corrected chi connectivity index (χ0v) is 8.75. The first-order valence-electron chi connectivity index (χ1n) is 4.52. The quantitative estimate of drug-likeness (QED) is 0.700. The highest BCUT2D eigenvalue weighted by atomic mass is 32.3. The van der Waals surface area contributed by atoms with Crippen LogP contribution >= 0.6 is 0 Å². The Bertz CT molecular complexity index is 249. The number of hydrogen-bond acceptors (Lipinski definition) is 3. The first kappa shape index (κ1) is 10.9. The highest BCUT2D eigenvalue weighted by Crippen LogP contribution is 2.30. The third-order valence-corrected chi connectivity index (χ3v) is 2.91. The van der Waals surface area contributed by atoms with E-state index in [1.54, 1.807) is 0 Å². The van der Waals surface area contributed by atoms with Gasteiger partial charge in [-0.05, 0) is 31.1 Å². The molecule has 1 fully saturated rings. The van der Waals surface area contributed by atoms with Crippen LogP contribution in [0.3, 0.4) is 0 Å². The van der Waals surface area contributed by atoms with Gasteiger partial charge >= 0.3 is 10.4 Å². The van der Waals surface area contributed by atoms with Gasteiger partial charge in [0.25, 0.3) is 0 Å². The topological polar surface area (TPSA) is 63.6 Å². The Balaban J connectivity index is 2.51. The van der Waals surface area contributed by atoms with Crippen LogP contribution in [0.2, 0.25) is 0 Å². The zero-order valence-electron chi connectivity index (χ0n) is 7.93. The molecule has 1 saturated carbocycles. The molecule has 1 rings (SSSR count). The summed E-state index contributed by atoms with van der Waals surface area (Å²) in [6.07, 6.45) is 2.19. The molecule has 1 aliphatic carbocycles. The van der Waals surface area contributed by atoms with E-state index in [9.17, 15) is 8.42 Å². The summed E-state index contributed by atoms with van der Waals surface area (Å²) in [5, 5.41) is 0. The lowest BCUT2D eigenvalue weighted by Gasteiger charge is -2.29. The molecule has 0 bridgehead atoms. The van der Waals surface area contributed by atoms with Crippen molar-refractivity contribution < 1.29 is 17.2 Å². The summed E-state index contributed by atoms with van der Waals surface area (Å²) < 4.78 is 33.9. The van der Waals surface area contributed by atoms with E-state index in [0.717, 1.165) is 6.42 Å². The normalized spacial score (nSPS) is 36.1. The van der Waals surface area contributed by atoms with Gasteiger partial charge in [0.15, 0.2) is 0 Å². The van der Waals surface area contributed by atoms with Crippen LogP contribution in [-0.4, -0.2) is 19.1 Å². The lowest BCUT2D eigenvalue weighted by molar-refractivity contribution is 0.0945. The van der Waals surface area contributed by atoms with Crippen molar-refractivity contribution in [2.24, 2.45) is 11.8 Å². The van der Waals surface area contributed by atoms with Crippen molar-refractivity contribution in [1.29, 1.82) is 0 Å². The maximum atomic E-state index is 10.4. The largest absolute Gasteiger partial charge is 0.397 e. The van der Waals surface area contributed by atoms with E-state index in [4.69, 9.17) is 4.55 Å². The van der Waals surface area contributed by atoms with Crippen LogP contribution in [0, 0.1) is 11.8 Å². The Hall–Kier alpha value is -0.130. The lowest BCUT2D eigenvalue weighted by Crippen LogP contribution is -2.28. The second-order valence-corrected chi connectivity index (χ2v) is 5.11. The van der Waals surface area contributed by atoms with Crippen LogP contribution in [0.15, 0.2) is 0 Å². The molecule has 0 amide bonds. The van der Waals surface area contributed by atoms with E-state index in [1.165, 1.54) is 0 Å². The second-order valence-electron chi connectivity index (χ2n) is 4.06. The van der Waals surface area contributed by atoms with Crippen LogP contribution in [0.25, 0.3) is 0 Å². The second kappa shape index (κ2) is 3.94. The van der Waals surface area contributed by atoms with Gasteiger partial charge in [0.2, 0.25) is 0 Å². The van der Waals surface area contributed by atoms with Crippen LogP contribution < -0.4 is 0 Å². The fourth-order valence-corrected chi connectivity index (χ4v) is 2.62. The van der Waals surface area contributed by atoms with Gasteiger partial charge in [-0.25, -0.2) is 4.18 Å². The van der Waals surface area contributed by atoms with E-state index < -0.39 is 10.4 Å². The fourth-order valence-electron chi connectivity index (χ4n) is 2.12. The summed E-state index contributed by atoms with van der Waals surface area (Å²) in [6, 6.07) is 0. The smallest absolute Gasteiger partial charge is 0.264 e. The minimum Gasteiger partial charge on any atom is -0.264 e. The molecule has 5 heteroatoms. The fraction of sp³-hybridized carbons (Fsp3) is 1.00. The first-order valence-corrected chi connectivity index (χ1v) is 5.89. The maximum absolute atomic E-state index is 10.4. The Morgan fingerprint density at radius 3 is 2.00 bits per heavy atom. The molecule has 0 aliphatic heterocycles. The summed E-state index contributed by atoms with van der Waals surface area (Å²) in [5.74, 6) is 0.936. The SMILES string of the molecule is C[C@@H]1CC(OS(=O)(=O)O)C[C@H](C)C1. The van der Waals surface area contributed by atoms with E-state index in [0.29, 0.717) is 24.7 Å². The molecule has 0 aromatic heterocycles. The van der Waals surface area contributed by atoms with Crippen molar-refractivity contribution in [3.05, 3.63) is 0 Å². The highest BCUT2D eigenvalue weighted by Gasteiger charge is 2.27. The maximum Gasteiger partial charge on any atom is 0.397 e. The molecular formula is C8H16O4S. The molecule has 78 valence electrons. The van der Waals surface area contributed by atoms with E-state index in [-0.39, 0.29) is 6.10 Å². The average Bonchev–Trinajstić information content (AvgIpc) is 1.78. The van der Waals surface area contributed by atoms with Crippen molar-refractivity contribution in [2.75, 3.05) is 0 Å². The summed E-state index contributed by atoms with van der Waals surface area (Å²) in [5.41, 5.74) is 0. The first-order chi connectivity index (χ1) is 5.87. The molecule has 3 atom stereocenters. The summed E-state index contributed by atoms with van der Waals surface area (Å²) in [7, 11) is -4.27. The predicted molar refractivity (Wildman–Crippen MR) is 48.6 cm³/mol. The van der Waals surface area contributed by atoms with Crippen molar-refractivity contribution in [3.8, 4) is 0 Å². The van der Waals surface area contributed by atoms with Crippen LogP contribution in [0.5, 0.6) is 0 Å². The Morgan fingerprint density at radius 1 is 1.15 bits per heavy atom. The standard InChI is InChI=1S/C8H16O4S/c1-6-3-7(2)5-8(4-6)12-13(9,10)11/h6-8H,3-5H2,1-2H3,(H,9,10,11)/t6-,7+,8?. The molecule has 0 aromatic carbocycles. The molecule has 0 spiro atoms. The average molecular weight is 208 g/mol. The third kappa shape index (κ3) is 4.06. The summed E-state index contributed by atoms with van der Waals surface area (Å²) in [4.78, 5) is 0. The van der Waals surface area contributed by atoms with Gasteiger partial charge in [0.05, 0.1) is 6.10 Å². The Labute approximate surface area is 79.2 Å². The van der Waals surface area contributed by atoms with Crippen molar-refractivity contribution in [3.63, 3.8) is 0 Å². The van der Waals surface area contributed by atoms with Crippen LogP contribution in [0.1, 0.15) is 33.1 Å². The van der Waals surface area contributed by atoms with Gasteiger partial charge in [-0.15, -0.1) is 0 Å². The van der Waals surface area contributed by atoms with Gasteiger partial charge in [-0.1, -0.05) is 13.8 Å². The Kier molecular flexibility index (Phi) is 3.32. The van der Waals surface area contributed by atoms with Gasteiger partial charge in [0.1, 0.15) is 0 Å². The molecular weight excluding hydrogens is 192 g/mol. The minimum atomic E-state index is -4.27. The molecule has 0 radical (unpaired) electrons. The van der Waals surface area contributed by atoms with E-state index in [2.05, 4.69) is 18.0 Å². The molecule has 0 aromatic rings. The molecule has 4 nitrogen and oxygen atoms in total. The Morgan fingerprint density at radius 2 is 1.62 bits per heavy atom. The highest BCUT2D eigenvalue weighted by molar-refractivity contribution is 7.80. The van der Waals surface area contributed by atoms with Gasteiger partial charge < -0.3 is 0 Å². The van der Waals surface area contributed by atoms with E-state index >= 15 is 0 Å². The molecule has 0 heterocycles. The van der Waals surface area contributed by atoms with Crippen molar-refractivity contribution in [2.45, 2.75) is 39.2 Å². The van der Waals surface area contributed by atoms with Crippen LogP contribution in [-0.2, 0) is 14.6 Å². The van der Waals surface area contributed by atoms with Crippen LogP contribution in [0.4, 0.5) is 0 Å². The molecule has 0 saturated heterocycles. The van der Waals surface area contributed by atoms with Crippen molar-refractivity contribution in [1.82, 2.24) is 0 Å². The molecule has 1 aliphatic rings. The molecule has 1 N–H and O–H groups in total. The van der Waals surface area contributed by atoms with Gasteiger partial charge in [-0.2, -0.15) is 8.42 Å². The molecule has 13 heavy (non-hydrogen) atoms. The van der Waals surface area contributed by atoms with Gasteiger partial charge in [-0.3, -0.25) is 4.55 Å². The summed E-state index contributed by atoms with van der Waals surface area (Å²) in [6.45, 7) is 4.13. The monoisotopic (exact) mass is 208 g/mol. The predicted octanol–water partition coefficient (Wildman–Crippen LogP) is 1.63. The summed E-state index contributed by atoms with van der Waals surface area (Å²) >= 11 is 0.